The van der Waals surface area contributed by atoms with Gasteiger partial charge in [-0.3, -0.25) is 4.79 Å². The Morgan fingerprint density at radius 2 is 2.05 bits per heavy atom. The van der Waals surface area contributed by atoms with Crippen molar-refractivity contribution in [1.82, 2.24) is 5.32 Å². The molecule has 0 saturated carbocycles. The van der Waals surface area contributed by atoms with E-state index in [2.05, 4.69) is 22.3 Å². The Hall–Kier alpha value is -1.55. The zero-order chi connectivity index (χ0) is 14.9. The Morgan fingerprint density at radius 1 is 1.40 bits per heavy atom. The number of hydrogen-bond donors (Lipinski definition) is 2. The van der Waals surface area contributed by atoms with Gasteiger partial charge in [-0.15, -0.1) is 0 Å². The minimum absolute atomic E-state index is 0.0430. The molecular formula is C16H25N3O. The van der Waals surface area contributed by atoms with Gasteiger partial charge < -0.3 is 16.0 Å². The molecule has 1 amide bonds. The van der Waals surface area contributed by atoms with E-state index in [0.717, 1.165) is 18.7 Å². The summed E-state index contributed by atoms with van der Waals surface area (Å²) in [6.07, 6.45) is 0.875. The van der Waals surface area contributed by atoms with Crippen LogP contribution in [0.2, 0.25) is 0 Å². The third kappa shape index (κ3) is 3.31. The number of nitrogens with two attached hydrogens (primary N) is 1. The van der Waals surface area contributed by atoms with Crippen molar-refractivity contribution in [2.45, 2.75) is 51.7 Å². The normalized spacial score (nSPS) is 20.2. The van der Waals surface area contributed by atoms with E-state index in [0.29, 0.717) is 0 Å². The minimum Gasteiger partial charge on any atom is -0.358 e. The number of carbonyl (C=O) groups is 1. The summed E-state index contributed by atoms with van der Waals surface area (Å²) in [5.74, 6) is 0.0430. The van der Waals surface area contributed by atoms with Gasteiger partial charge in [-0.25, -0.2) is 0 Å². The number of amides is 1. The molecule has 1 aromatic rings. The highest BCUT2D eigenvalue weighted by molar-refractivity contribution is 5.86. The van der Waals surface area contributed by atoms with Crippen molar-refractivity contribution in [2.75, 3.05) is 11.4 Å². The largest absolute Gasteiger partial charge is 0.358 e. The number of hydrogen-bond acceptors (Lipinski definition) is 3. The van der Waals surface area contributed by atoms with Crippen molar-refractivity contribution in [1.29, 1.82) is 0 Å². The lowest BCUT2D eigenvalue weighted by atomic mass is 9.96. The average molecular weight is 275 g/mol. The Labute approximate surface area is 121 Å². The third-order valence-corrected chi connectivity index (χ3v) is 3.56. The number of rotatable bonds is 2. The number of nitrogens with zero attached hydrogens (tertiary/aromatic N) is 1. The summed E-state index contributed by atoms with van der Waals surface area (Å²) in [5, 5.41) is 3.04. The molecule has 1 aromatic carbocycles. The molecule has 0 aromatic heterocycles. The van der Waals surface area contributed by atoms with Crippen molar-refractivity contribution in [3.8, 4) is 0 Å². The van der Waals surface area contributed by atoms with Gasteiger partial charge in [0, 0.05) is 23.8 Å². The third-order valence-electron chi connectivity index (χ3n) is 3.56. The fourth-order valence-electron chi connectivity index (χ4n) is 2.64. The molecule has 2 unspecified atom stereocenters. The fourth-order valence-corrected chi connectivity index (χ4v) is 2.64. The predicted molar refractivity (Wildman–Crippen MR) is 82.8 cm³/mol. The van der Waals surface area contributed by atoms with Crippen LogP contribution in [0.4, 0.5) is 5.69 Å². The molecule has 2 atom stereocenters. The van der Waals surface area contributed by atoms with Crippen LogP contribution in [0.25, 0.3) is 0 Å². The minimum atomic E-state index is -0.221. The number of para-hydroxylation sites is 1. The monoisotopic (exact) mass is 275 g/mol. The Morgan fingerprint density at radius 3 is 2.70 bits per heavy atom. The maximum absolute atomic E-state index is 12.4. The maximum atomic E-state index is 12.4. The number of benzene rings is 1. The van der Waals surface area contributed by atoms with Crippen LogP contribution in [-0.2, 0) is 11.2 Å². The lowest BCUT2D eigenvalue weighted by Gasteiger charge is -2.39. The highest BCUT2D eigenvalue weighted by Crippen LogP contribution is 2.28. The van der Waals surface area contributed by atoms with E-state index in [1.54, 1.807) is 0 Å². The van der Waals surface area contributed by atoms with Gasteiger partial charge in [0.25, 0.3) is 0 Å². The van der Waals surface area contributed by atoms with Gasteiger partial charge in [-0.2, -0.15) is 0 Å². The van der Waals surface area contributed by atoms with Crippen molar-refractivity contribution >= 4 is 11.6 Å². The highest BCUT2D eigenvalue weighted by atomic mass is 16.2. The molecule has 110 valence electrons. The molecule has 0 saturated heterocycles. The number of nitrogens with one attached hydrogen (secondary N) is 1. The van der Waals surface area contributed by atoms with Gasteiger partial charge in [0.2, 0.25) is 5.91 Å². The van der Waals surface area contributed by atoms with E-state index in [1.165, 1.54) is 5.56 Å². The average Bonchev–Trinajstić information content (AvgIpc) is 2.34. The van der Waals surface area contributed by atoms with Crippen molar-refractivity contribution in [2.24, 2.45) is 5.73 Å². The van der Waals surface area contributed by atoms with Crippen LogP contribution in [0, 0.1) is 0 Å². The van der Waals surface area contributed by atoms with Crippen LogP contribution in [0.5, 0.6) is 0 Å². The second kappa shape index (κ2) is 5.44. The Kier molecular flexibility index (Phi) is 4.04. The summed E-state index contributed by atoms with van der Waals surface area (Å²) < 4.78 is 0. The smallest absolute Gasteiger partial charge is 0.242 e. The highest BCUT2D eigenvalue weighted by Gasteiger charge is 2.30. The van der Waals surface area contributed by atoms with Crippen LogP contribution in [0.3, 0.4) is 0 Å². The maximum Gasteiger partial charge on any atom is 0.242 e. The summed E-state index contributed by atoms with van der Waals surface area (Å²) >= 11 is 0. The summed E-state index contributed by atoms with van der Waals surface area (Å²) in [6, 6.07) is 8.06. The molecule has 0 aliphatic carbocycles. The second-order valence-corrected chi connectivity index (χ2v) is 6.66. The van der Waals surface area contributed by atoms with Crippen LogP contribution >= 0.6 is 0 Å². The zero-order valence-electron chi connectivity index (χ0n) is 12.8. The molecule has 0 spiro atoms. The van der Waals surface area contributed by atoms with Crippen LogP contribution in [0.1, 0.15) is 33.3 Å². The first-order valence-electron chi connectivity index (χ1n) is 7.20. The van der Waals surface area contributed by atoms with Gasteiger partial charge in [0.05, 0.1) is 0 Å². The molecule has 3 N–H and O–H groups in total. The fraction of sp³-hybridized carbons (Fsp3) is 0.562. The molecule has 0 fully saturated rings. The first-order valence-corrected chi connectivity index (χ1v) is 7.20. The first-order chi connectivity index (χ1) is 9.28. The molecule has 0 radical (unpaired) electrons. The molecule has 0 bridgehead atoms. The second-order valence-electron chi connectivity index (χ2n) is 6.66. The van der Waals surface area contributed by atoms with Gasteiger partial charge in [0.1, 0.15) is 6.04 Å². The van der Waals surface area contributed by atoms with E-state index in [1.807, 2.05) is 39.8 Å². The van der Waals surface area contributed by atoms with Crippen LogP contribution < -0.4 is 16.0 Å². The summed E-state index contributed by atoms with van der Waals surface area (Å²) in [7, 11) is 0. The molecule has 1 aliphatic rings. The number of carbonyl (C=O) groups excluding carboxylic acids is 1. The molecular weight excluding hydrogens is 250 g/mol. The number of anilines is 1. The summed E-state index contributed by atoms with van der Waals surface area (Å²) in [4.78, 5) is 14.5. The molecule has 20 heavy (non-hydrogen) atoms. The lowest BCUT2D eigenvalue weighted by molar-refractivity contribution is -0.123. The molecule has 4 heteroatoms. The summed E-state index contributed by atoms with van der Waals surface area (Å²) in [5.41, 5.74) is 8.27. The molecule has 2 rings (SSSR count). The zero-order valence-corrected chi connectivity index (χ0v) is 12.8. The van der Waals surface area contributed by atoms with E-state index in [4.69, 9.17) is 5.73 Å². The quantitative estimate of drug-likeness (QED) is 0.863. The Bertz CT molecular complexity index is 493. The SMILES string of the molecule is CC(C(=O)NC(C)(C)C)N1CC(N)Cc2ccccc21. The van der Waals surface area contributed by atoms with Gasteiger partial charge in [-0.05, 0) is 45.7 Å². The van der Waals surface area contributed by atoms with Crippen molar-refractivity contribution in [3.05, 3.63) is 29.8 Å². The van der Waals surface area contributed by atoms with Crippen LogP contribution in [0.15, 0.2) is 24.3 Å². The lowest BCUT2D eigenvalue weighted by Crippen LogP contribution is -2.55. The van der Waals surface area contributed by atoms with E-state index in [9.17, 15) is 4.79 Å². The standard InChI is InChI=1S/C16H25N3O/c1-11(15(20)18-16(2,3)4)19-10-13(17)9-12-7-5-6-8-14(12)19/h5-8,11,13H,9-10,17H2,1-4H3,(H,18,20). The van der Waals surface area contributed by atoms with E-state index in [-0.39, 0.29) is 23.5 Å². The van der Waals surface area contributed by atoms with Crippen molar-refractivity contribution < 1.29 is 4.79 Å². The molecule has 1 heterocycles. The molecule has 1 aliphatic heterocycles. The van der Waals surface area contributed by atoms with Gasteiger partial charge >= 0.3 is 0 Å². The van der Waals surface area contributed by atoms with E-state index < -0.39 is 0 Å². The molecule has 4 nitrogen and oxygen atoms in total. The predicted octanol–water partition coefficient (Wildman–Crippen LogP) is 1.68. The van der Waals surface area contributed by atoms with Crippen molar-refractivity contribution in [3.63, 3.8) is 0 Å². The summed E-state index contributed by atoms with van der Waals surface area (Å²) in [6.45, 7) is 8.64. The van der Waals surface area contributed by atoms with Crippen LogP contribution in [-0.4, -0.2) is 30.1 Å². The number of fused-ring (bicyclic) bond motifs is 1. The van der Waals surface area contributed by atoms with E-state index >= 15 is 0 Å². The Balaban J connectivity index is 2.22. The van der Waals surface area contributed by atoms with Gasteiger partial charge in [0.15, 0.2) is 0 Å². The van der Waals surface area contributed by atoms with Gasteiger partial charge in [-0.1, -0.05) is 18.2 Å². The first kappa shape index (κ1) is 14.9. The topological polar surface area (TPSA) is 58.4 Å².